The van der Waals surface area contributed by atoms with Crippen LogP contribution in [0.3, 0.4) is 0 Å². The number of ketones is 1. The van der Waals surface area contributed by atoms with Crippen molar-refractivity contribution in [3.63, 3.8) is 0 Å². The Morgan fingerprint density at radius 1 is 0.919 bits per heavy atom. The van der Waals surface area contributed by atoms with Gasteiger partial charge in [0.15, 0.2) is 5.78 Å². The van der Waals surface area contributed by atoms with Crippen LogP contribution in [0, 0.1) is 5.92 Å². The molecule has 1 aliphatic rings. The van der Waals surface area contributed by atoms with Gasteiger partial charge >= 0.3 is 0 Å². The molecule has 1 saturated heterocycles. The number of anilines is 1. The summed E-state index contributed by atoms with van der Waals surface area (Å²) in [7, 11) is 2.03. The lowest BCUT2D eigenvalue weighted by atomic mass is 9.96. The quantitative estimate of drug-likeness (QED) is 0.272. The van der Waals surface area contributed by atoms with Gasteiger partial charge in [-0.25, -0.2) is 0 Å². The van der Waals surface area contributed by atoms with E-state index in [1.165, 1.54) is 0 Å². The lowest BCUT2D eigenvalue weighted by Crippen LogP contribution is -2.49. The molecule has 0 spiro atoms. The van der Waals surface area contributed by atoms with E-state index < -0.39 is 6.04 Å². The molecule has 194 valence electrons. The normalized spacial score (nSPS) is 16.7. The molecule has 2 amide bonds. The van der Waals surface area contributed by atoms with E-state index in [4.69, 9.17) is 0 Å². The SMILES string of the molecule is CN1CCCC(C(=O)N[C@@H](CCCCCC(=O)c2ccccc2)C(=O)Nc2ccc3ccccc3c2)C1. The Hall–Kier alpha value is -3.51. The Bertz CT molecular complexity index is 1210. The number of piperidine rings is 1. The molecular formula is C31H37N3O3. The van der Waals surface area contributed by atoms with E-state index in [0.717, 1.165) is 55.0 Å². The van der Waals surface area contributed by atoms with Crippen molar-refractivity contribution in [1.29, 1.82) is 0 Å². The largest absolute Gasteiger partial charge is 0.344 e. The second-order valence-corrected chi connectivity index (χ2v) is 10.1. The van der Waals surface area contributed by atoms with Gasteiger partial charge in [0.25, 0.3) is 0 Å². The highest BCUT2D eigenvalue weighted by molar-refractivity contribution is 5.99. The number of benzene rings is 3. The van der Waals surface area contributed by atoms with Crippen LogP contribution in [-0.4, -0.2) is 48.7 Å². The highest BCUT2D eigenvalue weighted by Gasteiger charge is 2.28. The fourth-order valence-electron chi connectivity index (χ4n) is 5.01. The summed E-state index contributed by atoms with van der Waals surface area (Å²) in [5.41, 5.74) is 1.45. The molecule has 6 nitrogen and oxygen atoms in total. The van der Waals surface area contributed by atoms with Crippen LogP contribution < -0.4 is 10.6 Å². The number of unbranched alkanes of at least 4 members (excludes halogenated alkanes) is 2. The zero-order valence-corrected chi connectivity index (χ0v) is 21.6. The van der Waals surface area contributed by atoms with Crippen molar-refractivity contribution in [3.05, 3.63) is 78.4 Å². The zero-order chi connectivity index (χ0) is 26.0. The summed E-state index contributed by atoms with van der Waals surface area (Å²) in [4.78, 5) is 40.9. The first-order valence-electron chi connectivity index (χ1n) is 13.4. The van der Waals surface area contributed by atoms with Gasteiger partial charge in [-0.2, -0.15) is 0 Å². The molecule has 2 atom stereocenters. The number of amides is 2. The van der Waals surface area contributed by atoms with Gasteiger partial charge < -0.3 is 15.5 Å². The van der Waals surface area contributed by atoms with Gasteiger partial charge in [-0.15, -0.1) is 0 Å². The van der Waals surface area contributed by atoms with Crippen molar-refractivity contribution in [2.24, 2.45) is 5.92 Å². The Balaban J connectivity index is 1.35. The first kappa shape index (κ1) is 26.6. The standard InChI is InChI=1S/C31H37N3O3/c1-34-20-10-15-26(22-34)30(36)33-28(16-6-3-7-17-29(35)24-12-4-2-5-13-24)31(37)32-27-19-18-23-11-8-9-14-25(23)21-27/h2,4-5,8-9,11-14,18-19,21,26,28H,3,6-7,10,15-17,20,22H2,1H3,(H,32,37)(H,33,36)/t26?,28-/m0/s1. The molecule has 2 N–H and O–H groups in total. The average Bonchev–Trinajstić information content (AvgIpc) is 2.92. The molecule has 1 fully saturated rings. The molecule has 1 aliphatic heterocycles. The molecule has 3 aromatic carbocycles. The minimum atomic E-state index is -0.615. The number of nitrogens with one attached hydrogen (secondary N) is 2. The molecule has 0 aromatic heterocycles. The second-order valence-electron chi connectivity index (χ2n) is 10.1. The Kier molecular flexibility index (Phi) is 9.44. The van der Waals surface area contributed by atoms with Crippen molar-refractivity contribution in [2.75, 3.05) is 25.5 Å². The topological polar surface area (TPSA) is 78.5 Å². The van der Waals surface area contributed by atoms with Crippen LogP contribution in [0.5, 0.6) is 0 Å². The highest BCUT2D eigenvalue weighted by Crippen LogP contribution is 2.20. The number of hydrogen-bond acceptors (Lipinski definition) is 4. The van der Waals surface area contributed by atoms with Crippen molar-refractivity contribution < 1.29 is 14.4 Å². The summed E-state index contributed by atoms with van der Waals surface area (Å²) in [6.45, 7) is 1.71. The summed E-state index contributed by atoms with van der Waals surface area (Å²) >= 11 is 0. The van der Waals surface area contributed by atoms with Crippen molar-refractivity contribution in [3.8, 4) is 0 Å². The van der Waals surface area contributed by atoms with E-state index in [1.54, 1.807) is 0 Å². The fourth-order valence-corrected chi connectivity index (χ4v) is 5.01. The molecule has 1 unspecified atom stereocenters. The fraction of sp³-hybridized carbons (Fsp3) is 0.387. The first-order chi connectivity index (χ1) is 18.0. The third kappa shape index (κ3) is 7.73. The van der Waals surface area contributed by atoms with Crippen molar-refractivity contribution in [1.82, 2.24) is 10.2 Å². The van der Waals surface area contributed by atoms with Gasteiger partial charge in [-0.05, 0) is 62.2 Å². The van der Waals surface area contributed by atoms with Crippen LogP contribution in [0.25, 0.3) is 10.8 Å². The number of fused-ring (bicyclic) bond motifs is 1. The van der Waals surface area contributed by atoms with Crippen LogP contribution >= 0.6 is 0 Å². The molecule has 0 saturated carbocycles. The maximum atomic E-state index is 13.3. The van der Waals surface area contributed by atoms with E-state index in [0.29, 0.717) is 25.1 Å². The Morgan fingerprint density at radius 3 is 2.46 bits per heavy atom. The first-order valence-corrected chi connectivity index (χ1v) is 13.4. The van der Waals surface area contributed by atoms with Crippen LogP contribution in [0.2, 0.25) is 0 Å². The van der Waals surface area contributed by atoms with E-state index in [9.17, 15) is 14.4 Å². The molecule has 3 aromatic rings. The summed E-state index contributed by atoms with van der Waals surface area (Å²) in [6, 6.07) is 22.6. The van der Waals surface area contributed by atoms with Gasteiger partial charge in [-0.1, -0.05) is 73.5 Å². The van der Waals surface area contributed by atoms with Gasteiger partial charge in [0.1, 0.15) is 6.04 Å². The lowest BCUT2D eigenvalue weighted by Gasteiger charge is -2.30. The van der Waals surface area contributed by atoms with Gasteiger partial charge in [0.05, 0.1) is 5.92 Å². The van der Waals surface area contributed by atoms with Crippen molar-refractivity contribution >= 4 is 34.1 Å². The maximum Gasteiger partial charge on any atom is 0.246 e. The average molecular weight is 500 g/mol. The van der Waals surface area contributed by atoms with Crippen molar-refractivity contribution in [2.45, 2.75) is 51.0 Å². The van der Waals surface area contributed by atoms with Crippen LogP contribution in [0.4, 0.5) is 5.69 Å². The minimum absolute atomic E-state index is 0.0514. The summed E-state index contributed by atoms with van der Waals surface area (Å²) in [5.74, 6) is -0.211. The molecule has 0 bridgehead atoms. The second kappa shape index (κ2) is 13.2. The molecule has 1 heterocycles. The van der Waals surface area contributed by atoms with Gasteiger partial charge in [-0.3, -0.25) is 14.4 Å². The van der Waals surface area contributed by atoms with Crippen LogP contribution in [0.15, 0.2) is 72.8 Å². The molecule has 37 heavy (non-hydrogen) atoms. The number of rotatable bonds is 11. The number of nitrogens with zero attached hydrogens (tertiary/aromatic N) is 1. The third-order valence-electron chi connectivity index (χ3n) is 7.14. The maximum absolute atomic E-state index is 13.3. The Morgan fingerprint density at radius 2 is 1.68 bits per heavy atom. The molecule has 0 radical (unpaired) electrons. The molecular weight excluding hydrogens is 462 g/mol. The predicted molar refractivity (Wildman–Crippen MR) is 149 cm³/mol. The smallest absolute Gasteiger partial charge is 0.246 e. The number of carbonyl (C=O) groups excluding carboxylic acids is 3. The third-order valence-corrected chi connectivity index (χ3v) is 7.14. The van der Waals surface area contributed by atoms with E-state index in [-0.39, 0.29) is 23.5 Å². The van der Waals surface area contributed by atoms with Crippen LogP contribution in [0.1, 0.15) is 55.3 Å². The number of carbonyl (C=O) groups is 3. The molecule has 4 rings (SSSR count). The zero-order valence-electron chi connectivity index (χ0n) is 21.6. The number of Topliss-reactive ketones (excluding diaryl/α,β-unsaturated/α-hetero) is 1. The van der Waals surface area contributed by atoms with E-state index in [1.807, 2.05) is 79.8 Å². The summed E-state index contributed by atoms with van der Waals surface area (Å²) < 4.78 is 0. The van der Waals surface area contributed by atoms with Gasteiger partial charge in [0.2, 0.25) is 11.8 Å². The minimum Gasteiger partial charge on any atom is -0.344 e. The number of hydrogen-bond donors (Lipinski definition) is 2. The lowest BCUT2D eigenvalue weighted by molar-refractivity contribution is -0.130. The van der Waals surface area contributed by atoms with E-state index >= 15 is 0 Å². The summed E-state index contributed by atoms with van der Waals surface area (Å²) in [5, 5.41) is 8.22. The summed E-state index contributed by atoms with van der Waals surface area (Å²) in [6.07, 6.45) is 5.18. The van der Waals surface area contributed by atoms with Gasteiger partial charge in [0, 0.05) is 24.2 Å². The van der Waals surface area contributed by atoms with Crippen LogP contribution in [-0.2, 0) is 9.59 Å². The number of likely N-dealkylation sites (tertiary alicyclic amines) is 1. The predicted octanol–water partition coefficient (Wildman–Crippen LogP) is 5.44. The highest BCUT2D eigenvalue weighted by atomic mass is 16.2. The Labute approximate surface area is 219 Å². The molecule has 0 aliphatic carbocycles. The monoisotopic (exact) mass is 499 g/mol. The van der Waals surface area contributed by atoms with E-state index in [2.05, 4.69) is 15.5 Å². The molecule has 6 heteroatoms.